The lowest BCUT2D eigenvalue weighted by Gasteiger charge is -2.36. The second-order valence-electron chi connectivity index (χ2n) is 7.31. The molecule has 0 saturated heterocycles. The first-order chi connectivity index (χ1) is 15.4. The highest BCUT2D eigenvalue weighted by molar-refractivity contribution is 6.31. The van der Waals surface area contributed by atoms with Crippen LogP contribution in [0.25, 0.3) is 11.1 Å². The summed E-state index contributed by atoms with van der Waals surface area (Å²) in [5, 5.41) is 19.7. The number of carboxylic acid groups (broad SMARTS) is 1. The van der Waals surface area contributed by atoms with Crippen LogP contribution in [0.2, 0.25) is 5.02 Å². The summed E-state index contributed by atoms with van der Waals surface area (Å²) in [6, 6.07) is 9.75. The number of halogens is 5. The molecule has 2 unspecified atom stereocenters. The number of benzene rings is 2. The van der Waals surface area contributed by atoms with Crippen molar-refractivity contribution in [2.45, 2.75) is 24.6 Å². The number of hydrogen-bond donors (Lipinski definition) is 2. The fourth-order valence-electron chi connectivity index (χ4n) is 3.54. The fourth-order valence-corrected chi connectivity index (χ4v) is 3.88. The smallest absolute Gasteiger partial charge is 0.422 e. The Morgan fingerprint density at radius 2 is 1.73 bits per heavy atom. The molecule has 174 valence electrons. The van der Waals surface area contributed by atoms with Crippen LogP contribution in [-0.4, -0.2) is 34.5 Å². The lowest BCUT2D eigenvalue weighted by Crippen LogP contribution is -2.46. The van der Waals surface area contributed by atoms with E-state index in [1.807, 2.05) is 0 Å². The first kappa shape index (κ1) is 24.5. The van der Waals surface area contributed by atoms with Crippen LogP contribution < -0.4 is 4.74 Å². The average Bonchev–Trinajstić information content (AvgIpc) is 2.77. The van der Waals surface area contributed by atoms with E-state index in [2.05, 4.69) is 4.98 Å². The monoisotopic (exact) mass is 483 g/mol. The summed E-state index contributed by atoms with van der Waals surface area (Å²) in [5.74, 6) is -3.85. The largest absolute Gasteiger partial charge is 0.481 e. The van der Waals surface area contributed by atoms with E-state index in [9.17, 15) is 27.5 Å². The van der Waals surface area contributed by atoms with Gasteiger partial charge >= 0.3 is 12.1 Å². The molecular formula is C23H18ClF4NO4. The zero-order chi connectivity index (χ0) is 24.6. The highest BCUT2D eigenvalue weighted by atomic mass is 35.5. The van der Waals surface area contributed by atoms with Crippen LogP contribution >= 0.6 is 11.6 Å². The van der Waals surface area contributed by atoms with Gasteiger partial charge in [0.05, 0.1) is 12.7 Å². The van der Waals surface area contributed by atoms with Gasteiger partial charge in [-0.05, 0) is 41.0 Å². The maximum absolute atomic E-state index is 14.1. The summed E-state index contributed by atoms with van der Waals surface area (Å²) < 4.78 is 61.2. The van der Waals surface area contributed by atoms with E-state index in [1.165, 1.54) is 44.4 Å². The standard InChI is InChI=1S/C23H18ClF4NO4/c1-12(22(32,23(26,27)28)15-5-8-20(33-2)29-11-15)16-6-3-13(9-18(16)24)14-4-7-17(21(30)31)19(25)10-14/h3-12,32H,1-2H3,(H,30,31). The van der Waals surface area contributed by atoms with Gasteiger partial charge in [-0.2, -0.15) is 13.2 Å². The number of nitrogens with zero attached hydrogens (tertiary/aromatic N) is 1. The second-order valence-corrected chi connectivity index (χ2v) is 7.72. The Labute approximate surface area is 191 Å². The minimum absolute atomic E-state index is 0.00122. The van der Waals surface area contributed by atoms with Gasteiger partial charge in [-0.25, -0.2) is 14.2 Å². The summed E-state index contributed by atoms with van der Waals surface area (Å²) in [7, 11) is 1.31. The lowest BCUT2D eigenvalue weighted by atomic mass is 9.78. The topological polar surface area (TPSA) is 79.7 Å². The molecule has 5 nitrogen and oxygen atoms in total. The van der Waals surface area contributed by atoms with Crippen LogP contribution in [0.4, 0.5) is 17.6 Å². The van der Waals surface area contributed by atoms with Crippen LogP contribution in [0.3, 0.4) is 0 Å². The van der Waals surface area contributed by atoms with E-state index in [-0.39, 0.29) is 22.0 Å². The van der Waals surface area contributed by atoms with Crippen molar-refractivity contribution in [3.8, 4) is 17.0 Å². The number of rotatable bonds is 6. The molecule has 0 saturated carbocycles. The quantitative estimate of drug-likeness (QED) is 0.433. The molecule has 0 spiro atoms. The van der Waals surface area contributed by atoms with Crippen molar-refractivity contribution in [1.29, 1.82) is 0 Å². The molecule has 1 aromatic heterocycles. The van der Waals surface area contributed by atoms with Crippen LogP contribution in [-0.2, 0) is 5.60 Å². The normalized spacial score (nSPS) is 14.4. The molecule has 0 amide bonds. The molecule has 0 radical (unpaired) electrons. The number of carbonyl (C=O) groups is 1. The highest BCUT2D eigenvalue weighted by Gasteiger charge is 2.59. The zero-order valence-electron chi connectivity index (χ0n) is 17.3. The molecule has 1 heterocycles. The lowest BCUT2D eigenvalue weighted by molar-refractivity contribution is -0.274. The molecule has 0 aliphatic heterocycles. The van der Waals surface area contributed by atoms with Gasteiger partial charge in [0.15, 0.2) is 5.60 Å². The summed E-state index contributed by atoms with van der Waals surface area (Å²) in [5.41, 5.74) is -3.68. The molecule has 2 N–H and O–H groups in total. The number of hydrogen-bond acceptors (Lipinski definition) is 4. The van der Waals surface area contributed by atoms with Gasteiger partial charge < -0.3 is 14.9 Å². The van der Waals surface area contributed by atoms with Crippen LogP contribution in [0.15, 0.2) is 54.7 Å². The van der Waals surface area contributed by atoms with Crippen molar-refractivity contribution in [2.75, 3.05) is 7.11 Å². The van der Waals surface area contributed by atoms with E-state index in [1.54, 1.807) is 0 Å². The number of carboxylic acids is 1. The molecule has 3 rings (SSSR count). The highest BCUT2D eigenvalue weighted by Crippen LogP contribution is 2.50. The zero-order valence-corrected chi connectivity index (χ0v) is 18.1. The number of methoxy groups -OCH3 is 1. The molecule has 0 aliphatic carbocycles. The Hall–Kier alpha value is -3.17. The third-order valence-electron chi connectivity index (χ3n) is 5.44. The molecule has 2 atom stereocenters. The van der Waals surface area contributed by atoms with E-state index >= 15 is 0 Å². The van der Waals surface area contributed by atoms with Crippen molar-refractivity contribution < 1.29 is 37.3 Å². The van der Waals surface area contributed by atoms with Crippen LogP contribution in [0.5, 0.6) is 5.88 Å². The van der Waals surface area contributed by atoms with Gasteiger partial charge in [0, 0.05) is 28.8 Å². The van der Waals surface area contributed by atoms with Gasteiger partial charge in [0.1, 0.15) is 5.82 Å². The van der Waals surface area contributed by atoms with E-state index in [0.29, 0.717) is 5.56 Å². The van der Waals surface area contributed by atoms with Gasteiger partial charge in [-0.1, -0.05) is 36.7 Å². The molecule has 0 bridgehead atoms. The third-order valence-corrected chi connectivity index (χ3v) is 5.77. The van der Waals surface area contributed by atoms with Gasteiger partial charge in [0.25, 0.3) is 0 Å². The summed E-state index contributed by atoms with van der Waals surface area (Å²) in [4.78, 5) is 14.7. The molecule has 3 aromatic rings. The molecule has 33 heavy (non-hydrogen) atoms. The van der Waals surface area contributed by atoms with Crippen LogP contribution in [0.1, 0.15) is 34.3 Å². The van der Waals surface area contributed by atoms with E-state index < -0.39 is 40.6 Å². The summed E-state index contributed by atoms with van der Waals surface area (Å²) >= 11 is 6.28. The number of aromatic nitrogens is 1. The molecule has 0 fully saturated rings. The summed E-state index contributed by atoms with van der Waals surface area (Å²) in [6.07, 6.45) is -4.18. The average molecular weight is 484 g/mol. The Morgan fingerprint density at radius 1 is 1.09 bits per heavy atom. The Balaban J connectivity index is 2.04. The van der Waals surface area contributed by atoms with Crippen molar-refractivity contribution in [3.05, 3.63) is 82.3 Å². The van der Waals surface area contributed by atoms with E-state index in [4.69, 9.17) is 21.4 Å². The van der Waals surface area contributed by atoms with Gasteiger partial charge in [-0.15, -0.1) is 0 Å². The van der Waals surface area contributed by atoms with Crippen LogP contribution in [0, 0.1) is 5.82 Å². The predicted octanol–water partition coefficient (Wildman–Crippen LogP) is 5.80. The number of aliphatic hydroxyl groups is 1. The predicted molar refractivity (Wildman–Crippen MR) is 113 cm³/mol. The Kier molecular flexibility index (Phi) is 6.67. The number of ether oxygens (including phenoxy) is 1. The second kappa shape index (κ2) is 8.99. The Bertz CT molecular complexity index is 1180. The maximum Gasteiger partial charge on any atom is 0.422 e. The molecule has 2 aromatic carbocycles. The van der Waals surface area contributed by atoms with Gasteiger partial charge in [-0.3, -0.25) is 0 Å². The van der Waals surface area contributed by atoms with Crippen molar-refractivity contribution in [3.63, 3.8) is 0 Å². The minimum atomic E-state index is -5.07. The molecule has 0 aliphatic rings. The molecule has 10 heteroatoms. The SMILES string of the molecule is COc1ccc(C(O)(C(C)c2ccc(-c3ccc(C(=O)O)c(F)c3)cc2Cl)C(F)(F)F)cn1. The Morgan fingerprint density at radius 3 is 2.21 bits per heavy atom. The minimum Gasteiger partial charge on any atom is -0.481 e. The molecular weight excluding hydrogens is 466 g/mol. The first-order valence-corrected chi connectivity index (χ1v) is 9.90. The summed E-state index contributed by atoms with van der Waals surface area (Å²) in [6.45, 7) is 1.18. The maximum atomic E-state index is 14.1. The number of aromatic carboxylic acids is 1. The van der Waals surface area contributed by atoms with E-state index in [0.717, 1.165) is 24.4 Å². The third kappa shape index (κ3) is 4.51. The first-order valence-electron chi connectivity index (χ1n) is 9.52. The van der Waals surface area contributed by atoms with Gasteiger partial charge in [0.2, 0.25) is 5.88 Å². The van der Waals surface area contributed by atoms with Crippen molar-refractivity contribution >= 4 is 17.6 Å². The number of alkyl halides is 3. The van der Waals surface area contributed by atoms with Crippen molar-refractivity contribution in [1.82, 2.24) is 4.98 Å². The fraction of sp³-hybridized carbons (Fsp3) is 0.217. The van der Waals surface area contributed by atoms with Crippen molar-refractivity contribution in [2.24, 2.45) is 0 Å². The number of pyridine rings is 1.